The summed E-state index contributed by atoms with van der Waals surface area (Å²) >= 11 is 0. The summed E-state index contributed by atoms with van der Waals surface area (Å²) in [7, 11) is 0. The summed E-state index contributed by atoms with van der Waals surface area (Å²) in [5, 5.41) is 0. The van der Waals surface area contributed by atoms with Crippen molar-refractivity contribution in [3.63, 3.8) is 0 Å². The molecule has 2 atom stereocenters. The average molecular weight is 210 g/mol. The minimum absolute atomic E-state index is 0.146. The second-order valence-electron chi connectivity index (χ2n) is 5.74. The van der Waals surface area contributed by atoms with Crippen molar-refractivity contribution in [2.75, 3.05) is 0 Å². The van der Waals surface area contributed by atoms with Crippen LogP contribution in [0.15, 0.2) is 0 Å². The van der Waals surface area contributed by atoms with Crippen molar-refractivity contribution in [3.05, 3.63) is 0 Å². The van der Waals surface area contributed by atoms with Gasteiger partial charge in [-0.1, -0.05) is 20.8 Å². The van der Waals surface area contributed by atoms with Crippen LogP contribution in [0.5, 0.6) is 0 Å². The Bertz CT molecular complexity index is 237. The molecule has 1 fully saturated rings. The van der Waals surface area contributed by atoms with Crippen LogP contribution in [0.25, 0.3) is 0 Å². The predicted molar refractivity (Wildman–Crippen MR) is 60.6 cm³/mol. The van der Waals surface area contributed by atoms with E-state index in [1.54, 1.807) is 0 Å². The zero-order valence-electron chi connectivity index (χ0n) is 10.1. The average Bonchev–Trinajstić information content (AvgIpc) is 2.15. The molecule has 0 aromatic heterocycles. The standard InChI is InChI=1S/C13H22O2/c1-13(2,3)11-6-7-12(15)10(9-11)5-4-8-14/h8,10-11H,4-7,9H2,1-3H3/t10-,11-/m1/s1. The Hall–Kier alpha value is -0.660. The third-order valence-corrected chi connectivity index (χ3v) is 3.62. The summed E-state index contributed by atoms with van der Waals surface area (Å²) in [6, 6.07) is 0. The second kappa shape index (κ2) is 4.91. The lowest BCUT2D eigenvalue weighted by atomic mass is 9.68. The van der Waals surface area contributed by atoms with Gasteiger partial charge < -0.3 is 4.79 Å². The van der Waals surface area contributed by atoms with Crippen molar-refractivity contribution in [3.8, 4) is 0 Å². The highest BCUT2D eigenvalue weighted by Gasteiger charge is 2.34. The number of ketones is 1. The molecule has 0 aliphatic heterocycles. The van der Waals surface area contributed by atoms with E-state index in [4.69, 9.17) is 0 Å². The van der Waals surface area contributed by atoms with Crippen molar-refractivity contribution >= 4 is 12.1 Å². The van der Waals surface area contributed by atoms with Crippen LogP contribution < -0.4 is 0 Å². The van der Waals surface area contributed by atoms with Crippen molar-refractivity contribution < 1.29 is 9.59 Å². The number of carbonyl (C=O) groups is 2. The fraction of sp³-hybridized carbons (Fsp3) is 0.846. The number of carbonyl (C=O) groups excluding carboxylic acids is 2. The van der Waals surface area contributed by atoms with E-state index < -0.39 is 0 Å². The SMILES string of the molecule is CC(C)(C)[C@@H]1CCC(=O)[C@H](CCC=O)C1. The third kappa shape index (κ3) is 3.44. The van der Waals surface area contributed by atoms with Gasteiger partial charge in [0.1, 0.15) is 12.1 Å². The van der Waals surface area contributed by atoms with Gasteiger partial charge in [-0.25, -0.2) is 0 Å². The van der Waals surface area contributed by atoms with Crippen LogP contribution >= 0.6 is 0 Å². The van der Waals surface area contributed by atoms with Crippen LogP contribution in [-0.4, -0.2) is 12.1 Å². The van der Waals surface area contributed by atoms with Crippen molar-refractivity contribution in [1.29, 1.82) is 0 Å². The van der Waals surface area contributed by atoms with Crippen molar-refractivity contribution in [1.82, 2.24) is 0 Å². The molecule has 0 bridgehead atoms. The normalized spacial score (nSPS) is 27.8. The molecule has 1 saturated carbocycles. The fourth-order valence-electron chi connectivity index (χ4n) is 2.45. The highest BCUT2D eigenvalue weighted by Crippen LogP contribution is 2.39. The smallest absolute Gasteiger partial charge is 0.136 e. The van der Waals surface area contributed by atoms with E-state index in [1.807, 2.05) is 0 Å². The molecule has 0 N–H and O–H groups in total. The predicted octanol–water partition coefficient (Wildman–Crippen LogP) is 3.00. The van der Waals surface area contributed by atoms with Crippen LogP contribution in [0.1, 0.15) is 52.9 Å². The van der Waals surface area contributed by atoms with Crippen molar-refractivity contribution in [2.24, 2.45) is 17.3 Å². The summed E-state index contributed by atoms with van der Waals surface area (Å²) < 4.78 is 0. The minimum Gasteiger partial charge on any atom is -0.303 e. The molecule has 0 unspecified atom stereocenters. The monoisotopic (exact) mass is 210 g/mol. The highest BCUT2D eigenvalue weighted by atomic mass is 16.1. The molecule has 15 heavy (non-hydrogen) atoms. The fourth-order valence-corrected chi connectivity index (χ4v) is 2.45. The first-order valence-electron chi connectivity index (χ1n) is 5.91. The summed E-state index contributed by atoms with van der Waals surface area (Å²) in [4.78, 5) is 22.0. The van der Waals surface area contributed by atoms with Gasteiger partial charge >= 0.3 is 0 Å². The quantitative estimate of drug-likeness (QED) is 0.671. The number of rotatable bonds is 3. The van der Waals surface area contributed by atoms with Gasteiger partial charge in [0.2, 0.25) is 0 Å². The molecule has 2 heteroatoms. The van der Waals surface area contributed by atoms with E-state index in [0.717, 1.165) is 25.5 Å². The number of hydrogen-bond acceptors (Lipinski definition) is 2. The molecule has 0 amide bonds. The first-order chi connectivity index (χ1) is 6.95. The second-order valence-corrected chi connectivity index (χ2v) is 5.74. The maximum absolute atomic E-state index is 11.7. The molecule has 0 radical (unpaired) electrons. The zero-order chi connectivity index (χ0) is 11.5. The lowest BCUT2D eigenvalue weighted by Crippen LogP contribution is -2.32. The van der Waals surface area contributed by atoms with Crippen molar-refractivity contribution in [2.45, 2.75) is 52.9 Å². The highest BCUT2D eigenvalue weighted by molar-refractivity contribution is 5.82. The van der Waals surface area contributed by atoms with Crippen LogP contribution in [0.3, 0.4) is 0 Å². The Kier molecular flexibility index (Phi) is 4.06. The Morgan fingerprint density at radius 3 is 2.60 bits per heavy atom. The van der Waals surface area contributed by atoms with Gasteiger partial charge in [-0.05, 0) is 30.6 Å². The maximum Gasteiger partial charge on any atom is 0.136 e. The third-order valence-electron chi connectivity index (χ3n) is 3.62. The summed E-state index contributed by atoms with van der Waals surface area (Å²) in [6.07, 6.45) is 4.94. The number of hydrogen-bond donors (Lipinski definition) is 0. The molecule has 86 valence electrons. The van der Waals surface area contributed by atoms with E-state index in [9.17, 15) is 9.59 Å². The molecule has 1 rings (SSSR count). The lowest BCUT2D eigenvalue weighted by Gasteiger charge is -2.36. The Morgan fingerprint density at radius 2 is 2.07 bits per heavy atom. The van der Waals surface area contributed by atoms with E-state index >= 15 is 0 Å². The topological polar surface area (TPSA) is 34.1 Å². The Morgan fingerprint density at radius 1 is 1.40 bits per heavy atom. The van der Waals surface area contributed by atoms with E-state index in [1.165, 1.54) is 0 Å². The van der Waals surface area contributed by atoms with Crippen LogP contribution in [-0.2, 0) is 9.59 Å². The van der Waals surface area contributed by atoms with Gasteiger partial charge in [0.05, 0.1) is 0 Å². The molecule has 0 heterocycles. The molecular weight excluding hydrogens is 188 g/mol. The molecular formula is C13H22O2. The molecule has 1 aliphatic rings. The zero-order valence-corrected chi connectivity index (χ0v) is 10.1. The van der Waals surface area contributed by atoms with E-state index in [2.05, 4.69) is 20.8 Å². The summed E-state index contributed by atoms with van der Waals surface area (Å²) in [6.45, 7) is 6.72. The first kappa shape index (κ1) is 12.4. The van der Waals surface area contributed by atoms with Gasteiger partial charge in [-0.15, -0.1) is 0 Å². The van der Waals surface area contributed by atoms with Gasteiger partial charge in [0.25, 0.3) is 0 Å². The molecule has 2 nitrogen and oxygen atoms in total. The Labute approximate surface area is 92.4 Å². The maximum atomic E-state index is 11.7. The Balaban J connectivity index is 2.55. The van der Waals surface area contributed by atoms with Crippen LogP contribution in [0.4, 0.5) is 0 Å². The summed E-state index contributed by atoms with van der Waals surface area (Å²) in [5.74, 6) is 1.15. The molecule has 0 spiro atoms. The molecule has 0 aromatic carbocycles. The number of aldehydes is 1. The molecule has 0 aromatic rings. The lowest BCUT2D eigenvalue weighted by molar-refractivity contribution is -0.127. The van der Waals surface area contributed by atoms with Gasteiger partial charge in [0.15, 0.2) is 0 Å². The molecule has 0 saturated heterocycles. The van der Waals surface area contributed by atoms with Gasteiger partial charge in [-0.2, -0.15) is 0 Å². The minimum atomic E-state index is 0.146. The summed E-state index contributed by atoms with van der Waals surface area (Å²) in [5.41, 5.74) is 0.292. The largest absolute Gasteiger partial charge is 0.303 e. The van der Waals surface area contributed by atoms with E-state index in [0.29, 0.717) is 30.0 Å². The molecule has 1 aliphatic carbocycles. The van der Waals surface area contributed by atoms with Crippen LogP contribution in [0, 0.1) is 17.3 Å². The van der Waals surface area contributed by atoms with Gasteiger partial charge in [0, 0.05) is 18.8 Å². The van der Waals surface area contributed by atoms with Crippen LogP contribution in [0.2, 0.25) is 0 Å². The number of Topliss-reactive ketones (excluding diaryl/α,β-unsaturated/α-hetero) is 1. The van der Waals surface area contributed by atoms with E-state index in [-0.39, 0.29) is 5.92 Å². The first-order valence-corrected chi connectivity index (χ1v) is 5.91. The van der Waals surface area contributed by atoms with Gasteiger partial charge in [-0.3, -0.25) is 4.79 Å².